The van der Waals surface area contributed by atoms with E-state index in [1.165, 1.54) is 10.5 Å². The van der Waals surface area contributed by atoms with Crippen LogP contribution in [0.15, 0.2) is 34.8 Å². The van der Waals surface area contributed by atoms with Gasteiger partial charge in [0.1, 0.15) is 4.90 Å². The first-order valence-electron chi connectivity index (χ1n) is 9.02. The third-order valence-electron chi connectivity index (χ3n) is 5.29. The van der Waals surface area contributed by atoms with Gasteiger partial charge in [0.25, 0.3) is 0 Å². The van der Waals surface area contributed by atoms with E-state index >= 15 is 0 Å². The maximum Gasteiger partial charge on any atom is 0.244 e. The molecular formula is C18H23N3O4S2. The lowest BCUT2D eigenvalue weighted by Crippen LogP contribution is -2.65. The highest BCUT2D eigenvalue weighted by molar-refractivity contribution is 7.89. The van der Waals surface area contributed by atoms with Crippen molar-refractivity contribution in [3.63, 3.8) is 0 Å². The maximum absolute atomic E-state index is 12.7. The predicted molar refractivity (Wildman–Crippen MR) is 101 cm³/mol. The highest BCUT2D eigenvalue weighted by Crippen LogP contribution is 2.43. The van der Waals surface area contributed by atoms with Gasteiger partial charge in [0, 0.05) is 44.1 Å². The quantitative estimate of drug-likeness (QED) is 0.653. The van der Waals surface area contributed by atoms with Crippen molar-refractivity contribution in [2.75, 3.05) is 26.3 Å². The lowest BCUT2D eigenvalue weighted by atomic mass is 9.80. The molecule has 0 aliphatic carbocycles. The van der Waals surface area contributed by atoms with Crippen molar-refractivity contribution in [2.24, 2.45) is 5.92 Å². The van der Waals surface area contributed by atoms with E-state index in [0.29, 0.717) is 38.8 Å². The number of sulfonamides is 1. The summed E-state index contributed by atoms with van der Waals surface area (Å²) in [5, 5.41) is 3.06. The van der Waals surface area contributed by atoms with E-state index in [2.05, 4.69) is 9.97 Å². The third kappa shape index (κ3) is 3.79. The van der Waals surface area contributed by atoms with Crippen molar-refractivity contribution in [2.45, 2.75) is 36.9 Å². The second kappa shape index (κ2) is 7.56. The summed E-state index contributed by atoms with van der Waals surface area (Å²) in [4.78, 5) is 8.54. The molecule has 9 heteroatoms. The van der Waals surface area contributed by atoms with Gasteiger partial charge in [-0.15, -0.1) is 11.3 Å². The van der Waals surface area contributed by atoms with Gasteiger partial charge in [-0.1, -0.05) is 0 Å². The van der Waals surface area contributed by atoms with E-state index in [1.807, 2.05) is 12.3 Å². The van der Waals surface area contributed by atoms with E-state index in [0.717, 1.165) is 23.5 Å². The van der Waals surface area contributed by atoms with E-state index < -0.39 is 10.0 Å². The van der Waals surface area contributed by atoms with Gasteiger partial charge >= 0.3 is 0 Å². The zero-order valence-corrected chi connectivity index (χ0v) is 16.8. The normalized spacial score (nSPS) is 22.2. The average Bonchev–Trinajstić information content (AvgIpc) is 3.24. The van der Waals surface area contributed by atoms with Gasteiger partial charge in [-0.25, -0.2) is 13.4 Å². The Labute approximate surface area is 163 Å². The van der Waals surface area contributed by atoms with Crippen LogP contribution >= 0.6 is 11.3 Å². The molecule has 2 fully saturated rings. The van der Waals surface area contributed by atoms with Gasteiger partial charge in [-0.3, -0.25) is 4.98 Å². The van der Waals surface area contributed by atoms with Crippen molar-refractivity contribution in [1.29, 1.82) is 0 Å². The Morgan fingerprint density at radius 2 is 2.30 bits per heavy atom. The summed E-state index contributed by atoms with van der Waals surface area (Å²) in [6, 6.07) is 3.22. The lowest BCUT2D eigenvalue weighted by molar-refractivity contribution is -0.106. The zero-order chi connectivity index (χ0) is 18.9. The molecule has 0 aromatic carbocycles. The van der Waals surface area contributed by atoms with Crippen LogP contribution in [0.25, 0.3) is 0 Å². The first-order valence-corrected chi connectivity index (χ1v) is 11.3. The SMILES string of the molecule is Cc1nc(COCC[C@@H]2CCOC23CN(S(=O)(=O)c2cccnc2)C3)cs1. The fourth-order valence-electron chi connectivity index (χ4n) is 3.79. The number of aromatic nitrogens is 2. The first-order chi connectivity index (χ1) is 13.0. The van der Waals surface area contributed by atoms with Gasteiger partial charge in [0.2, 0.25) is 10.0 Å². The topological polar surface area (TPSA) is 81.6 Å². The van der Waals surface area contributed by atoms with Crippen LogP contribution in [0.4, 0.5) is 0 Å². The van der Waals surface area contributed by atoms with Crippen LogP contribution in [-0.2, 0) is 26.1 Å². The Hall–Kier alpha value is -1.39. The number of aryl methyl sites for hydroxylation is 1. The van der Waals surface area contributed by atoms with Crippen molar-refractivity contribution < 1.29 is 17.9 Å². The van der Waals surface area contributed by atoms with Gasteiger partial charge in [0.05, 0.1) is 22.9 Å². The number of pyridine rings is 1. The average molecular weight is 410 g/mol. The standard InChI is InChI=1S/C18H23N3O4S2/c1-14-20-16(11-26-14)10-24-7-4-15-5-8-25-18(15)12-21(13-18)27(22,23)17-3-2-6-19-9-17/h2-3,6,9,11,15H,4-5,7-8,10,12-13H2,1H3/t15-/m1/s1. The van der Waals surface area contributed by atoms with E-state index in [-0.39, 0.29) is 10.5 Å². The molecule has 7 nitrogen and oxygen atoms in total. The molecule has 2 aliphatic heterocycles. The Kier molecular flexibility index (Phi) is 5.30. The van der Waals surface area contributed by atoms with Crippen molar-refractivity contribution in [3.8, 4) is 0 Å². The highest BCUT2D eigenvalue weighted by Gasteiger charge is 2.56. The number of thiazole rings is 1. The van der Waals surface area contributed by atoms with Gasteiger partial charge in [-0.2, -0.15) is 4.31 Å². The minimum Gasteiger partial charge on any atom is -0.375 e. The first kappa shape index (κ1) is 18.9. The van der Waals surface area contributed by atoms with Crippen molar-refractivity contribution in [1.82, 2.24) is 14.3 Å². The second-order valence-corrected chi connectivity index (χ2v) is 10.1. The van der Waals surface area contributed by atoms with Crippen LogP contribution in [0.5, 0.6) is 0 Å². The second-order valence-electron chi connectivity index (χ2n) is 7.06. The van der Waals surface area contributed by atoms with Crippen molar-refractivity contribution in [3.05, 3.63) is 40.6 Å². The van der Waals surface area contributed by atoms with Crippen LogP contribution in [0, 0.1) is 12.8 Å². The number of ether oxygens (including phenoxy) is 2. The van der Waals surface area contributed by atoms with E-state index in [4.69, 9.17) is 9.47 Å². The van der Waals surface area contributed by atoms with Crippen LogP contribution in [0.3, 0.4) is 0 Å². The van der Waals surface area contributed by atoms with E-state index in [1.54, 1.807) is 29.7 Å². The molecule has 27 heavy (non-hydrogen) atoms. The molecule has 2 aliphatic rings. The monoisotopic (exact) mass is 409 g/mol. The van der Waals surface area contributed by atoms with Crippen LogP contribution in [-0.4, -0.2) is 54.6 Å². The van der Waals surface area contributed by atoms with Crippen molar-refractivity contribution >= 4 is 21.4 Å². The van der Waals surface area contributed by atoms with Gasteiger partial charge < -0.3 is 9.47 Å². The summed E-state index contributed by atoms with van der Waals surface area (Å²) in [6.07, 6.45) is 4.77. The molecule has 4 heterocycles. The fraction of sp³-hybridized carbons (Fsp3) is 0.556. The molecule has 0 unspecified atom stereocenters. The molecule has 0 amide bonds. The molecule has 0 bridgehead atoms. The molecular weight excluding hydrogens is 386 g/mol. The lowest BCUT2D eigenvalue weighted by Gasteiger charge is -2.49. The number of hydrogen-bond acceptors (Lipinski definition) is 7. The minimum atomic E-state index is -3.50. The van der Waals surface area contributed by atoms with Gasteiger partial charge in [-0.05, 0) is 37.8 Å². The molecule has 0 N–H and O–H groups in total. The number of rotatable bonds is 7. The van der Waals surface area contributed by atoms with Crippen LogP contribution < -0.4 is 0 Å². The molecule has 2 saturated heterocycles. The molecule has 0 radical (unpaired) electrons. The Balaban J connectivity index is 1.30. The van der Waals surface area contributed by atoms with Crippen LogP contribution in [0.2, 0.25) is 0 Å². The summed E-state index contributed by atoms with van der Waals surface area (Å²) in [5.74, 6) is 0.315. The Morgan fingerprint density at radius 3 is 3.00 bits per heavy atom. The molecule has 2 aromatic rings. The zero-order valence-electron chi connectivity index (χ0n) is 15.2. The Morgan fingerprint density at radius 1 is 1.44 bits per heavy atom. The van der Waals surface area contributed by atoms with Crippen LogP contribution in [0.1, 0.15) is 23.5 Å². The summed E-state index contributed by atoms with van der Waals surface area (Å²) < 4.78 is 38.6. The molecule has 146 valence electrons. The summed E-state index contributed by atoms with van der Waals surface area (Å²) >= 11 is 1.62. The summed E-state index contributed by atoms with van der Waals surface area (Å²) in [5.41, 5.74) is 0.600. The molecule has 0 saturated carbocycles. The summed E-state index contributed by atoms with van der Waals surface area (Å²) in [6.45, 7) is 4.61. The predicted octanol–water partition coefficient (Wildman–Crippen LogP) is 2.23. The maximum atomic E-state index is 12.7. The summed E-state index contributed by atoms with van der Waals surface area (Å²) in [7, 11) is -3.50. The molecule has 1 spiro atoms. The molecule has 4 rings (SSSR count). The fourth-order valence-corrected chi connectivity index (χ4v) is 5.91. The molecule has 1 atom stereocenters. The van der Waals surface area contributed by atoms with Gasteiger partial charge in [0.15, 0.2) is 0 Å². The molecule has 2 aromatic heterocycles. The minimum absolute atomic E-state index is 0.233. The third-order valence-corrected chi connectivity index (χ3v) is 7.88. The largest absolute Gasteiger partial charge is 0.375 e. The smallest absolute Gasteiger partial charge is 0.244 e. The Bertz CT molecular complexity index is 879. The van der Waals surface area contributed by atoms with E-state index in [9.17, 15) is 8.42 Å². The number of nitrogens with zero attached hydrogens (tertiary/aromatic N) is 3. The highest BCUT2D eigenvalue weighted by atomic mass is 32.2. The number of hydrogen-bond donors (Lipinski definition) is 0.